The number of urea groups is 1. The Labute approximate surface area is 166 Å². The van der Waals surface area contributed by atoms with Crippen LogP contribution in [0.4, 0.5) is 10.5 Å². The lowest BCUT2D eigenvalue weighted by Gasteiger charge is -2.09. The van der Waals surface area contributed by atoms with E-state index in [1.54, 1.807) is 24.3 Å². The Hall–Kier alpha value is -3.02. The van der Waals surface area contributed by atoms with Crippen LogP contribution in [0.1, 0.15) is 42.6 Å². The summed E-state index contributed by atoms with van der Waals surface area (Å²) in [5.74, 6) is 0.495. The van der Waals surface area contributed by atoms with Gasteiger partial charge in [-0.2, -0.15) is 0 Å². The van der Waals surface area contributed by atoms with Crippen LogP contribution >= 0.6 is 0 Å². The first kappa shape index (κ1) is 21.3. The molecule has 0 bridgehead atoms. The molecule has 6 heteroatoms. The Morgan fingerprint density at radius 2 is 1.68 bits per heavy atom. The van der Waals surface area contributed by atoms with Gasteiger partial charge in [-0.25, -0.2) is 9.59 Å². The highest BCUT2D eigenvalue weighted by atomic mass is 16.5. The molecule has 2 aromatic rings. The minimum atomic E-state index is -0.347. The second kappa shape index (κ2) is 11.6. The minimum Gasteiger partial charge on any atom is -0.494 e. The lowest BCUT2D eigenvalue weighted by Crippen LogP contribution is -2.30. The molecule has 150 valence electrons. The zero-order valence-electron chi connectivity index (χ0n) is 16.5. The van der Waals surface area contributed by atoms with Gasteiger partial charge in [0.25, 0.3) is 0 Å². The maximum absolute atomic E-state index is 12.0. The number of unbranched alkanes of at least 4 members (excludes halogenated alkanes) is 1. The van der Waals surface area contributed by atoms with Crippen molar-refractivity contribution in [1.29, 1.82) is 0 Å². The van der Waals surface area contributed by atoms with Crippen LogP contribution in [-0.2, 0) is 11.2 Å². The molecule has 0 heterocycles. The first-order valence-electron chi connectivity index (χ1n) is 9.66. The molecule has 0 aliphatic rings. The van der Waals surface area contributed by atoms with Crippen LogP contribution in [-0.4, -0.2) is 31.8 Å². The molecule has 0 aromatic heterocycles. The van der Waals surface area contributed by atoms with Gasteiger partial charge in [0.1, 0.15) is 5.75 Å². The number of benzene rings is 2. The van der Waals surface area contributed by atoms with Gasteiger partial charge >= 0.3 is 12.0 Å². The highest BCUT2D eigenvalue weighted by molar-refractivity contribution is 5.92. The van der Waals surface area contributed by atoms with Crippen molar-refractivity contribution in [3.8, 4) is 5.75 Å². The molecule has 0 aliphatic heterocycles. The summed E-state index contributed by atoms with van der Waals surface area (Å²) in [4.78, 5) is 23.9. The van der Waals surface area contributed by atoms with Crippen LogP contribution in [0.15, 0.2) is 48.5 Å². The number of ether oxygens (including phenoxy) is 2. The summed E-state index contributed by atoms with van der Waals surface area (Å²) < 4.78 is 10.6. The van der Waals surface area contributed by atoms with Crippen LogP contribution in [0.5, 0.6) is 5.75 Å². The second-order valence-corrected chi connectivity index (χ2v) is 6.27. The third kappa shape index (κ3) is 7.31. The van der Waals surface area contributed by atoms with Crippen molar-refractivity contribution < 1.29 is 19.1 Å². The average molecular weight is 384 g/mol. The SMILES string of the molecule is CCCCOC(=O)c1ccc(NC(=O)NCCc2ccc(OCC)cc2)cc1. The van der Waals surface area contributed by atoms with Gasteiger partial charge in [-0.05, 0) is 61.7 Å². The van der Waals surface area contributed by atoms with E-state index in [9.17, 15) is 9.59 Å². The van der Waals surface area contributed by atoms with Gasteiger partial charge in [0.05, 0.1) is 18.8 Å². The second-order valence-electron chi connectivity index (χ2n) is 6.27. The third-order valence-corrected chi connectivity index (χ3v) is 4.04. The molecule has 0 aliphatic carbocycles. The molecule has 28 heavy (non-hydrogen) atoms. The van der Waals surface area contributed by atoms with Gasteiger partial charge in [0.15, 0.2) is 0 Å². The zero-order valence-corrected chi connectivity index (χ0v) is 16.5. The molecule has 2 rings (SSSR count). The summed E-state index contributed by atoms with van der Waals surface area (Å²) in [5, 5.41) is 5.57. The van der Waals surface area contributed by atoms with Crippen molar-refractivity contribution in [3.05, 3.63) is 59.7 Å². The van der Waals surface area contributed by atoms with Gasteiger partial charge < -0.3 is 20.1 Å². The molecule has 0 atom stereocenters. The van der Waals surface area contributed by atoms with Crippen molar-refractivity contribution in [3.63, 3.8) is 0 Å². The number of amides is 2. The van der Waals surface area contributed by atoms with Crippen molar-refractivity contribution in [2.75, 3.05) is 25.1 Å². The van der Waals surface area contributed by atoms with E-state index in [4.69, 9.17) is 9.47 Å². The molecule has 2 aromatic carbocycles. The lowest BCUT2D eigenvalue weighted by atomic mass is 10.1. The summed E-state index contributed by atoms with van der Waals surface area (Å²) >= 11 is 0. The van der Waals surface area contributed by atoms with Crippen molar-refractivity contribution in [2.24, 2.45) is 0 Å². The predicted octanol–water partition coefficient (Wildman–Crippen LogP) is 4.41. The van der Waals surface area contributed by atoms with Crippen LogP contribution in [0.25, 0.3) is 0 Å². The number of nitrogens with one attached hydrogen (secondary N) is 2. The van der Waals surface area contributed by atoms with E-state index in [2.05, 4.69) is 10.6 Å². The molecule has 6 nitrogen and oxygen atoms in total. The highest BCUT2D eigenvalue weighted by Gasteiger charge is 2.07. The quantitative estimate of drug-likeness (QED) is 0.470. The summed E-state index contributed by atoms with van der Waals surface area (Å²) in [6.07, 6.45) is 2.55. The molecule has 0 fully saturated rings. The minimum absolute atomic E-state index is 0.288. The summed E-state index contributed by atoms with van der Waals surface area (Å²) in [6.45, 7) is 5.57. The number of hydrogen-bond acceptors (Lipinski definition) is 4. The normalized spacial score (nSPS) is 10.2. The van der Waals surface area contributed by atoms with Gasteiger partial charge in [0, 0.05) is 12.2 Å². The van der Waals surface area contributed by atoms with Gasteiger partial charge in [-0.3, -0.25) is 0 Å². The molecule has 2 N–H and O–H groups in total. The van der Waals surface area contributed by atoms with E-state index in [-0.39, 0.29) is 12.0 Å². The molecule has 0 saturated carbocycles. The smallest absolute Gasteiger partial charge is 0.338 e. The Balaban J connectivity index is 1.72. The number of hydrogen-bond donors (Lipinski definition) is 2. The third-order valence-electron chi connectivity index (χ3n) is 4.04. The maximum atomic E-state index is 12.0. The van der Waals surface area contributed by atoms with Gasteiger partial charge in [-0.15, -0.1) is 0 Å². The molecule has 0 unspecified atom stereocenters. The Bertz CT molecular complexity index is 742. The topological polar surface area (TPSA) is 76.7 Å². The van der Waals surface area contributed by atoms with Crippen LogP contribution in [0, 0.1) is 0 Å². The largest absolute Gasteiger partial charge is 0.494 e. The Morgan fingerprint density at radius 1 is 0.964 bits per heavy atom. The Kier molecular flexibility index (Phi) is 8.85. The molecular weight excluding hydrogens is 356 g/mol. The van der Waals surface area contributed by atoms with E-state index in [1.807, 2.05) is 38.1 Å². The lowest BCUT2D eigenvalue weighted by molar-refractivity contribution is 0.0500. The fourth-order valence-corrected chi connectivity index (χ4v) is 2.50. The molecule has 0 saturated heterocycles. The summed E-state index contributed by atoms with van der Waals surface area (Å²) in [6, 6.07) is 14.2. The number of anilines is 1. The molecular formula is C22H28N2O4. The van der Waals surface area contributed by atoms with Gasteiger partial charge in [0.2, 0.25) is 0 Å². The number of esters is 1. The summed E-state index contributed by atoms with van der Waals surface area (Å²) in [5.41, 5.74) is 2.20. The Morgan fingerprint density at radius 3 is 2.32 bits per heavy atom. The predicted molar refractivity (Wildman–Crippen MR) is 110 cm³/mol. The first-order valence-corrected chi connectivity index (χ1v) is 9.66. The monoisotopic (exact) mass is 384 g/mol. The van der Waals surface area contributed by atoms with E-state index < -0.39 is 0 Å². The van der Waals surface area contributed by atoms with Crippen LogP contribution in [0.3, 0.4) is 0 Å². The van der Waals surface area contributed by atoms with Crippen molar-refractivity contribution in [2.45, 2.75) is 33.1 Å². The van der Waals surface area contributed by atoms with E-state index in [1.165, 1.54) is 0 Å². The van der Waals surface area contributed by atoms with Crippen molar-refractivity contribution in [1.82, 2.24) is 5.32 Å². The fraction of sp³-hybridized carbons (Fsp3) is 0.364. The standard InChI is InChI=1S/C22H28N2O4/c1-3-5-16-28-21(25)18-8-10-19(11-9-18)24-22(26)23-15-14-17-6-12-20(13-7-17)27-4-2/h6-13H,3-5,14-16H2,1-2H3,(H2,23,24,26). The van der Waals surface area contributed by atoms with E-state index in [0.717, 1.165) is 30.6 Å². The van der Waals surface area contributed by atoms with Gasteiger partial charge in [-0.1, -0.05) is 25.5 Å². The number of rotatable bonds is 10. The zero-order chi connectivity index (χ0) is 20.2. The van der Waals surface area contributed by atoms with Crippen molar-refractivity contribution >= 4 is 17.7 Å². The van der Waals surface area contributed by atoms with Crippen LogP contribution in [0.2, 0.25) is 0 Å². The number of carbonyl (C=O) groups is 2. The molecule has 0 radical (unpaired) electrons. The first-order chi connectivity index (χ1) is 13.6. The summed E-state index contributed by atoms with van der Waals surface area (Å²) in [7, 11) is 0. The molecule has 2 amide bonds. The van der Waals surface area contributed by atoms with E-state index >= 15 is 0 Å². The molecule has 0 spiro atoms. The van der Waals surface area contributed by atoms with E-state index in [0.29, 0.717) is 31.0 Å². The maximum Gasteiger partial charge on any atom is 0.338 e. The average Bonchev–Trinajstić information content (AvgIpc) is 2.70. The van der Waals surface area contributed by atoms with Crippen LogP contribution < -0.4 is 15.4 Å². The number of carbonyl (C=O) groups excluding carboxylic acids is 2. The fourth-order valence-electron chi connectivity index (χ4n) is 2.50. The highest BCUT2D eigenvalue weighted by Crippen LogP contribution is 2.13.